The molecule has 0 spiro atoms. The topological polar surface area (TPSA) is 18.5 Å². The highest BCUT2D eigenvalue weighted by molar-refractivity contribution is 4.47. The van der Waals surface area contributed by atoms with E-state index in [1.165, 1.54) is 64.2 Å². The molecule has 18 heavy (non-hydrogen) atoms. The molecule has 0 atom stereocenters. The molecule has 0 rings (SSSR count). The van der Waals surface area contributed by atoms with E-state index in [4.69, 9.17) is 9.47 Å². The fraction of sp³-hybridized carbons (Fsp3) is 0.938. The van der Waals surface area contributed by atoms with Crippen molar-refractivity contribution in [3.8, 4) is 0 Å². The molecule has 0 bridgehead atoms. The molecule has 1 radical (unpaired) electrons. The fourth-order valence-electron chi connectivity index (χ4n) is 2.01. The van der Waals surface area contributed by atoms with E-state index < -0.39 is 0 Å². The number of ether oxygens (including phenoxy) is 2. The quantitative estimate of drug-likeness (QED) is 0.393. The summed E-state index contributed by atoms with van der Waals surface area (Å²) in [6.45, 7) is 8.70. The zero-order valence-electron chi connectivity index (χ0n) is 12.4. The van der Waals surface area contributed by atoms with Crippen LogP contribution in [0.3, 0.4) is 0 Å². The Balaban J connectivity index is 2.86. The van der Waals surface area contributed by atoms with Crippen molar-refractivity contribution < 1.29 is 9.47 Å². The van der Waals surface area contributed by atoms with E-state index in [9.17, 15) is 0 Å². The van der Waals surface area contributed by atoms with Crippen molar-refractivity contribution in [2.45, 2.75) is 71.1 Å². The molecule has 0 aliphatic rings. The molecule has 2 nitrogen and oxygen atoms in total. The van der Waals surface area contributed by atoms with E-state index in [1.54, 1.807) is 0 Å². The van der Waals surface area contributed by atoms with Gasteiger partial charge < -0.3 is 9.47 Å². The van der Waals surface area contributed by atoms with Crippen molar-refractivity contribution in [2.24, 2.45) is 0 Å². The maximum absolute atomic E-state index is 5.45. The van der Waals surface area contributed by atoms with Crippen molar-refractivity contribution in [3.05, 3.63) is 6.92 Å². The van der Waals surface area contributed by atoms with Gasteiger partial charge >= 0.3 is 0 Å². The summed E-state index contributed by atoms with van der Waals surface area (Å²) >= 11 is 0. The standard InChI is InChI=1S/C16H33O2/c1-3-5-6-7-8-9-10-11-12-13-14-18-16-15-17-4-2/h2-16H2,1H3. The molecule has 0 aromatic rings. The predicted molar refractivity (Wildman–Crippen MR) is 78.8 cm³/mol. The summed E-state index contributed by atoms with van der Waals surface area (Å²) < 4.78 is 10.6. The van der Waals surface area contributed by atoms with Crippen LogP contribution >= 0.6 is 0 Å². The molecule has 109 valence electrons. The molecule has 0 aliphatic heterocycles. The monoisotopic (exact) mass is 257 g/mol. The maximum atomic E-state index is 5.45. The number of rotatable bonds is 15. The van der Waals surface area contributed by atoms with Gasteiger partial charge in [0.1, 0.15) is 0 Å². The van der Waals surface area contributed by atoms with Crippen LogP contribution < -0.4 is 0 Å². The van der Waals surface area contributed by atoms with Gasteiger partial charge in [-0.25, -0.2) is 0 Å². The van der Waals surface area contributed by atoms with E-state index >= 15 is 0 Å². The number of unbranched alkanes of at least 4 members (excludes halogenated alkanes) is 9. The molecule has 0 saturated carbocycles. The molecule has 0 amide bonds. The molecular weight excluding hydrogens is 224 g/mol. The average Bonchev–Trinajstić information content (AvgIpc) is 2.39. The van der Waals surface area contributed by atoms with Crippen LogP contribution in [0.4, 0.5) is 0 Å². The van der Waals surface area contributed by atoms with E-state index in [0.29, 0.717) is 19.8 Å². The third-order valence-corrected chi connectivity index (χ3v) is 3.16. The molecule has 0 aromatic carbocycles. The van der Waals surface area contributed by atoms with Crippen molar-refractivity contribution in [3.63, 3.8) is 0 Å². The first-order chi connectivity index (χ1) is 8.91. The van der Waals surface area contributed by atoms with E-state index in [-0.39, 0.29) is 0 Å². The van der Waals surface area contributed by atoms with Gasteiger partial charge in [-0.2, -0.15) is 0 Å². The molecule has 0 unspecified atom stereocenters. The minimum absolute atomic E-state index is 0.543. The Kier molecular flexibility index (Phi) is 16.8. The lowest BCUT2D eigenvalue weighted by atomic mass is 10.1. The molecule has 2 heteroatoms. The van der Waals surface area contributed by atoms with Crippen LogP contribution in [-0.2, 0) is 9.47 Å². The van der Waals surface area contributed by atoms with Gasteiger partial charge in [-0.05, 0) is 13.3 Å². The second-order valence-corrected chi connectivity index (χ2v) is 4.91. The Morgan fingerprint density at radius 1 is 0.611 bits per heavy atom. The second-order valence-electron chi connectivity index (χ2n) is 4.91. The summed E-state index contributed by atoms with van der Waals surface area (Å²) in [6.07, 6.45) is 13.7. The molecule has 0 N–H and O–H groups in total. The first-order valence-corrected chi connectivity index (χ1v) is 7.86. The molecule has 0 fully saturated rings. The third kappa shape index (κ3) is 15.9. The normalized spacial score (nSPS) is 11.0. The van der Waals surface area contributed by atoms with E-state index in [1.807, 2.05) is 0 Å². The van der Waals surface area contributed by atoms with Crippen LogP contribution in [0.1, 0.15) is 71.1 Å². The summed E-state index contributed by atoms with van der Waals surface area (Å²) in [5, 5.41) is 0. The molecular formula is C16H33O2. The van der Waals surface area contributed by atoms with Gasteiger partial charge in [-0.3, -0.25) is 0 Å². The highest BCUT2D eigenvalue weighted by Gasteiger charge is 1.93. The summed E-state index contributed by atoms with van der Waals surface area (Å²) in [6, 6.07) is 0. The first-order valence-electron chi connectivity index (χ1n) is 7.86. The second kappa shape index (κ2) is 16.9. The largest absolute Gasteiger partial charge is 0.379 e. The zero-order valence-corrected chi connectivity index (χ0v) is 12.4. The minimum atomic E-state index is 0.543. The predicted octanol–water partition coefficient (Wildman–Crippen LogP) is 4.77. The average molecular weight is 257 g/mol. The van der Waals surface area contributed by atoms with Crippen molar-refractivity contribution in [2.75, 3.05) is 26.4 Å². The van der Waals surface area contributed by atoms with Gasteiger partial charge in [-0.15, -0.1) is 0 Å². The lowest BCUT2D eigenvalue weighted by Crippen LogP contribution is -2.04. The van der Waals surface area contributed by atoms with Gasteiger partial charge in [0.05, 0.1) is 13.2 Å². The number of hydrogen-bond donors (Lipinski definition) is 0. The Morgan fingerprint density at radius 3 is 1.67 bits per heavy atom. The lowest BCUT2D eigenvalue weighted by molar-refractivity contribution is 0.0561. The zero-order chi connectivity index (χ0) is 13.3. The van der Waals surface area contributed by atoms with Gasteiger partial charge in [0.25, 0.3) is 0 Å². The van der Waals surface area contributed by atoms with Crippen molar-refractivity contribution in [1.82, 2.24) is 0 Å². The van der Waals surface area contributed by atoms with Gasteiger partial charge in [0, 0.05) is 13.2 Å². The number of hydrogen-bond acceptors (Lipinski definition) is 2. The lowest BCUT2D eigenvalue weighted by Gasteiger charge is -2.04. The maximum Gasteiger partial charge on any atom is 0.0700 e. The SMILES string of the molecule is [CH2]COCCOCCCCCCCCCCCC. The van der Waals surface area contributed by atoms with Gasteiger partial charge in [0.15, 0.2) is 0 Å². The van der Waals surface area contributed by atoms with E-state index in [0.717, 1.165) is 6.61 Å². The van der Waals surface area contributed by atoms with Crippen molar-refractivity contribution in [1.29, 1.82) is 0 Å². The third-order valence-electron chi connectivity index (χ3n) is 3.16. The molecule has 0 aliphatic carbocycles. The summed E-state index contributed by atoms with van der Waals surface area (Å²) in [5.74, 6) is 0. The van der Waals surface area contributed by atoms with Crippen LogP contribution in [0.15, 0.2) is 0 Å². The van der Waals surface area contributed by atoms with Crippen molar-refractivity contribution >= 4 is 0 Å². The van der Waals surface area contributed by atoms with Gasteiger partial charge in [0.2, 0.25) is 0 Å². The first kappa shape index (κ1) is 17.9. The smallest absolute Gasteiger partial charge is 0.0700 e. The van der Waals surface area contributed by atoms with Crippen LogP contribution in [0.25, 0.3) is 0 Å². The van der Waals surface area contributed by atoms with Crippen LogP contribution in [0.2, 0.25) is 0 Å². The fourth-order valence-corrected chi connectivity index (χ4v) is 2.01. The summed E-state index contributed by atoms with van der Waals surface area (Å²) in [5.41, 5.74) is 0. The Labute approximate surface area is 114 Å². The minimum Gasteiger partial charge on any atom is -0.379 e. The van der Waals surface area contributed by atoms with Crippen LogP contribution in [0.5, 0.6) is 0 Å². The molecule has 0 heterocycles. The van der Waals surface area contributed by atoms with E-state index in [2.05, 4.69) is 13.8 Å². The molecule has 0 aromatic heterocycles. The molecule has 0 saturated heterocycles. The Bertz CT molecular complexity index is 121. The van der Waals surface area contributed by atoms with Crippen LogP contribution in [0, 0.1) is 6.92 Å². The highest BCUT2D eigenvalue weighted by atomic mass is 16.5. The summed E-state index contributed by atoms with van der Waals surface area (Å²) in [4.78, 5) is 0. The Hall–Kier alpha value is -0.0800. The summed E-state index contributed by atoms with van der Waals surface area (Å²) in [7, 11) is 0. The Morgan fingerprint density at radius 2 is 1.11 bits per heavy atom. The highest BCUT2D eigenvalue weighted by Crippen LogP contribution is 2.10. The van der Waals surface area contributed by atoms with Crippen LogP contribution in [-0.4, -0.2) is 26.4 Å². The van der Waals surface area contributed by atoms with Gasteiger partial charge in [-0.1, -0.05) is 64.7 Å².